The van der Waals surface area contributed by atoms with E-state index in [-0.39, 0.29) is 5.91 Å². The monoisotopic (exact) mass is 348 g/mol. The second kappa shape index (κ2) is 7.56. The van der Waals surface area contributed by atoms with Crippen LogP contribution in [-0.2, 0) is 4.79 Å². The van der Waals surface area contributed by atoms with Gasteiger partial charge in [-0.15, -0.1) is 0 Å². The molecule has 1 aromatic carbocycles. The maximum atomic E-state index is 12.7. The van der Waals surface area contributed by atoms with Crippen LogP contribution in [0.5, 0.6) is 0 Å². The quantitative estimate of drug-likeness (QED) is 0.835. The summed E-state index contributed by atoms with van der Waals surface area (Å²) in [5, 5.41) is 0.666. The van der Waals surface area contributed by atoms with Gasteiger partial charge in [0.05, 0.1) is 0 Å². The number of halogens is 1. The normalized spacial score (nSPS) is 19.2. The Morgan fingerprint density at radius 3 is 2.62 bits per heavy atom. The zero-order valence-corrected chi connectivity index (χ0v) is 15.0. The second-order valence-electron chi connectivity index (χ2n) is 6.97. The minimum absolute atomic E-state index is 0.109. The molecule has 0 aromatic heterocycles. The second-order valence-corrected chi connectivity index (χ2v) is 7.40. The Hall–Kier alpha value is -1.55. The van der Waals surface area contributed by atoms with Crippen LogP contribution in [0.15, 0.2) is 18.2 Å². The van der Waals surface area contributed by atoms with Gasteiger partial charge in [-0.2, -0.15) is 0 Å². The first-order valence-electron chi connectivity index (χ1n) is 8.88. The largest absolute Gasteiger partial charge is 0.343 e. The van der Waals surface area contributed by atoms with Crippen molar-refractivity contribution in [1.29, 1.82) is 0 Å². The lowest BCUT2D eigenvalue weighted by Gasteiger charge is -2.33. The molecule has 3 rings (SSSR count). The first-order chi connectivity index (χ1) is 11.5. The highest BCUT2D eigenvalue weighted by Gasteiger charge is 2.26. The summed E-state index contributed by atoms with van der Waals surface area (Å²) >= 11 is 5.97. The van der Waals surface area contributed by atoms with Crippen molar-refractivity contribution >= 4 is 23.4 Å². The molecule has 0 bridgehead atoms. The fourth-order valence-electron chi connectivity index (χ4n) is 3.74. The van der Waals surface area contributed by atoms with Crippen LogP contribution in [0.2, 0.25) is 5.02 Å². The van der Waals surface area contributed by atoms with Gasteiger partial charge in [0.25, 0.3) is 5.91 Å². The molecule has 2 heterocycles. The van der Waals surface area contributed by atoms with E-state index >= 15 is 0 Å². The Morgan fingerprint density at radius 2 is 2.00 bits per heavy atom. The number of carbonyl (C=O) groups is 2. The van der Waals surface area contributed by atoms with E-state index in [1.807, 2.05) is 28.9 Å². The molecule has 130 valence electrons. The van der Waals surface area contributed by atoms with Gasteiger partial charge in [0, 0.05) is 43.2 Å². The van der Waals surface area contributed by atoms with Gasteiger partial charge in [-0.25, -0.2) is 0 Å². The molecule has 0 saturated carbocycles. The smallest absolute Gasteiger partial charge is 0.254 e. The molecule has 0 aliphatic carbocycles. The van der Waals surface area contributed by atoms with E-state index in [2.05, 4.69) is 0 Å². The van der Waals surface area contributed by atoms with Crippen molar-refractivity contribution < 1.29 is 9.59 Å². The van der Waals surface area contributed by atoms with Gasteiger partial charge in [-0.3, -0.25) is 9.59 Å². The average Bonchev–Trinajstić information content (AvgIpc) is 2.98. The summed E-state index contributed by atoms with van der Waals surface area (Å²) in [5.74, 6) is 1.03. The minimum Gasteiger partial charge on any atom is -0.343 e. The number of carbonyl (C=O) groups excluding carboxylic acids is 2. The highest BCUT2D eigenvalue weighted by molar-refractivity contribution is 6.30. The lowest BCUT2D eigenvalue weighted by molar-refractivity contribution is -0.127. The molecular weight excluding hydrogens is 324 g/mol. The molecule has 0 atom stereocenters. The van der Waals surface area contributed by atoms with Crippen LogP contribution in [0.1, 0.15) is 48.0 Å². The molecule has 24 heavy (non-hydrogen) atoms. The van der Waals surface area contributed by atoms with Crippen molar-refractivity contribution in [2.24, 2.45) is 5.92 Å². The Kier molecular flexibility index (Phi) is 5.44. The van der Waals surface area contributed by atoms with Crippen LogP contribution < -0.4 is 0 Å². The van der Waals surface area contributed by atoms with E-state index in [1.165, 1.54) is 0 Å². The molecule has 0 unspecified atom stereocenters. The van der Waals surface area contributed by atoms with E-state index in [0.29, 0.717) is 23.3 Å². The number of hydrogen-bond donors (Lipinski definition) is 0. The van der Waals surface area contributed by atoms with Crippen LogP contribution in [0.25, 0.3) is 0 Å². The van der Waals surface area contributed by atoms with Crippen LogP contribution in [0, 0.1) is 12.8 Å². The fourth-order valence-corrected chi connectivity index (χ4v) is 3.97. The van der Waals surface area contributed by atoms with Crippen LogP contribution in [0.3, 0.4) is 0 Å². The summed E-state index contributed by atoms with van der Waals surface area (Å²) in [6.07, 6.45) is 4.84. The number of benzene rings is 1. The molecular formula is C19H25ClN2O2. The van der Waals surface area contributed by atoms with Crippen molar-refractivity contribution in [3.8, 4) is 0 Å². The Morgan fingerprint density at radius 1 is 1.25 bits per heavy atom. The van der Waals surface area contributed by atoms with Gasteiger partial charge >= 0.3 is 0 Å². The summed E-state index contributed by atoms with van der Waals surface area (Å²) in [5.41, 5.74) is 1.68. The van der Waals surface area contributed by atoms with E-state index < -0.39 is 0 Å². The van der Waals surface area contributed by atoms with Crippen LogP contribution in [-0.4, -0.2) is 47.8 Å². The SMILES string of the molecule is Cc1cc(Cl)ccc1C(=O)N1CCC(CCN2CCCC2=O)CC1. The third kappa shape index (κ3) is 3.92. The maximum Gasteiger partial charge on any atom is 0.254 e. The molecule has 2 amide bonds. The molecule has 0 radical (unpaired) electrons. The van der Waals surface area contributed by atoms with Gasteiger partial charge < -0.3 is 9.80 Å². The summed E-state index contributed by atoms with van der Waals surface area (Å²) < 4.78 is 0. The summed E-state index contributed by atoms with van der Waals surface area (Å²) in [7, 11) is 0. The summed E-state index contributed by atoms with van der Waals surface area (Å²) in [4.78, 5) is 28.3. The predicted molar refractivity (Wildman–Crippen MR) is 95.2 cm³/mol. The maximum absolute atomic E-state index is 12.7. The zero-order chi connectivity index (χ0) is 17.1. The summed E-state index contributed by atoms with van der Waals surface area (Å²) in [6, 6.07) is 5.45. The predicted octanol–water partition coefficient (Wildman–Crippen LogP) is 3.51. The highest BCUT2D eigenvalue weighted by Crippen LogP contribution is 2.24. The number of nitrogens with zero attached hydrogens (tertiary/aromatic N) is 2. The molecule has 2 aliphatic rings. The molecule has 4 nitrogen and oxygen atoms in total. The van der Waals surface area contributed by atoms with E-state index in [1.54, 1.807) is 6.07 Å². The first-order valence-corrected chi connectivity index (χ1v) is 9.25. The van der Waals surface area contributed by atoms with Crippen molar-refractivity contribution in [3.63, 3.8) is 0 Å². The van der Waals surface area contributed by atoms with Crippen molar-refractivity contribution in [2.45, 2.75) is 39.0 Å². The molecule has 5 heteroatoms. The number of aryl methyl sites for hydroxylation is 1. The third-order valence-electron chi connectivity index (χ3n) is 5.30. The van der Waals surface area contributed by atoms with E-state index in [0.717, 1.165) is 63.0 Å². The number of amides is 2. The van der Waals surface area contributed by atoms with Gasteiger partial charge in [-0.1, -0.05) is 11.6 Å². The number of hydrogen-bond acceptors (Lipinski definition) is 2. The van der Waals surface area contributed by atoms with Gasteiger partial charge in [0.15, 0.2) is 0 Å². The van der Waals surface area contributed by atoms with E-state index in [9.17, 15) is 9.59 Å². The molecule has 1 aromatic rings. The molecule has 2 saturated heterocycles. The average molecular weight is 349 g/mol. The molecule has 0 N–H and O–H groups in total. The van der Waals surface area contributed by atoms with Crippen LogP contribution in [0.4, 0.5) is 0 Å². The lowest BCUT2D eigenvalue weighted by Crippen LogP contribution is -2.39. The standard InChI is InChI=1S/C19H25ClN2O2/c1-14-13-16(20)4-5-17(14)19(24)22-11-7-15(8-12-22)6-10-21-9-2-3-18(21)23/h4-5,13,15H,2-3,6-12H2,1H3. The number of likely N-dealkylation sites (tertiary alicyclic amines) is 2. The van der Waals surface area contributed by atoms with Crippen LogP contribution >= 0.6 is 11.6 Å². The molecule has 2 aliphatic heterocycles. The van der Waals surface area contributed by atoms with Crippen molar-refractivity contribution in [2.75, 3.05) is 26.2 Å². The minimum atomic E-state index is 0.109. The van der Waals surface area contributed by atoms with Gasteiger partial charge in [0.1, 0.15) is 0 Å². The first kappa shape index (κ1) is 17.3. The molecule has 2 fully saturated rings. The fraction of sp³-hybridized carbons (Fsp3) is 0.579. The Labute approximate surface area is 148 Å². The topological polar surface area (TPSA) is 40.6 Å². The summed E-state index contributed by atoms with van der Waals surface area (Å²) in [6.45, 7) is 5.34. The van der Waals surface area contributed by atoms with Gasteiger partial charge in [0.2, 0.25) is 5.91 Å². The Bertz CT molecular complexity index is 624. The van der Waals surface area contributed by atoms with Crippen molar-refractivity contribution in [3.05, 3.63) is 34.3 Å². The van der Waals surface area contributed by atoms with Crippen molar-refractivity contribution in [1.82, 2.24) is 9.80 Å². The van der Waals surface area contributed by atoms with E-state index in [4.69, 9.17) is 11.6 Å². The number of rotatable bonds is 4. The lowest BCUT2D eigenvalue weighted by atomic mass is 9.92. The zero-order valence-electron chi connectivity index (χ0n) is 14.3. The number of piperidine rings is 1. The molecule has 0 spiro atoms. The highest BCUT2D eigenvalue weighted by atomic mass is 35.5. The third-order valence-corrected chi connectivity index (χ3v) is 5.53. The van der Waals surface area contributed by atoms with Gasteiger partial charge in [-0.05, 0) is 62.3 Å². The Balaban J connectivity index is 1.49.